The lowest BCUT2D eigenvalue weighted by Gasteiger charge is -2.03. The summed E-state index contributed by atoms with van der Waals surface area (Å²) >= 11 is 0. The minimum Gasteiger partial charge on any atom is -0.370 e. The minimum absolute atomic E-state index is 0.245. The van der Waals surface area contributed by atoms with Gasteiger partial charge in [0.1, 0.15) is 0 Å². The van der Waals surface area contributed by atoms with Gasteiger partial charge in [-0.05, 0) is 31.5 Å². The Balaban J connectivity index is 2.15. The zero-order chi connectivity index (χ0) is 11.1. The minimum atomic E-state index is -0.245. The van der Waals surface area contributed by atoms with Gasteiger partial charge >= 0.3 is 0 Å². The Bertz CT molecular complexity index is 308. The largest absolute Gasteiger partial charge is 0.370 e. The van der Waals surface area contributed by atoms with Crippen LogP contribution in [0, 0.1) is 6.92 Å². The zero-order valence-electron chi connectivity index (χ0n) is 8.99. The smallest absolute Gasteiger partial charge is 0.217 e. The summed E-state index contributed by atoms with van der Waals surface area (Å²) in [5.41, 5.74) is 7.20. The molecule has 15 heavy (non-hydrogen) atoms. The van der Waals surface area contributed by atoms with E-state index < -0.39 is 0 Å². The maximum absolute atomic E-state index is 10.5. The molecule has 0 bridgehead atoms. The Kier molecular flexibility index (Phi) is 4.77. The number of aryl methyl sites for hydroxylation is 1. The van der Waals surface area contributed by atoms with E-state index in [1.807, 2.05) is 25.3 Å². The number of carbonyl (C=O) groups is 1. The number of nitrogens with two attached hydrogens (primary N) is 1. The summed E-state index contributed by atoms with van der Waals surface area (Å²) in [5.74, 6) is -0.245. The first kappa shape index (κ1) is 11.7. The van der Waals surface area contributed by atoms with Crippen molar-refractivity contribution in [3.63, 3.8) is 0 Å². The number of nitrogens with one attached hydrogen (secondary N) is 1. The molecule has 1 heterocycles. The van der Waals surface area contributed by atoms with Gasteiger partial charge in [0.25, 0.3) is 0 Å². The molecule has 82 valence electrons. The Hall–Kier alpha value is -1.42. The van der Waals surface area contributed by atoms with Gasteiger partial charge in [-0.2, -0.15) is 0 Å². The van der Waals surface area contributed by atoms with Crippen LogP contribution >= 0.6 is 0 Å². The molecule has 1 aromatic rings. The third-order valence-electron chi connectivity index (χ3n) is 2.06. The van der Waals surface area contributed by atoms with E-state index in [9.17, 15) is 4.79 Å². The number of hydrogen-bond acceptors (Lipinski definition) is 3. The number of hydrogen-bond donors (Lipinski definition) is 2. The SMILES string of the molecule is Cc1ccc(CNCCCC(N)=O)nc1. The molecular weight excluding hydrogens is 190 g/mol. The molecule has 4 nitrogen and oxygen atoms in total. The molecule has 1 amide bonds. The molecule has 0 aliphatic heterocycles. The molecular formula is C11H17N3O. The van der Waals surface area contributed by atoms with Crippen LogP contribution in [0.1, 0.15) is 24.1 Å². The lowest BCUT2D eigenvalue weighted by Crippen LogP contribution is -2.18. The van der Waals surface area contributed by atoms with Crippen LogP contribution in [0.25, 0.3) is 0 Å². The molecule has 0 aromatic carbocycles. The summed E-state index contributed by atoms with van der Waals surface area (Å²) in [4.78, 5) is 14.7. The van der Waals surface area contributed by atoms with Gasteiger partial charge in [-0.25, -0.2) is 0 Å². The Morgan fingerprint density at radius 2 is 2.33 bits per heavy atom. The summed E-state index contributed by atoms with van der Waals surface area (Å²) in [6, 6.07) is 4.03. The van der Waals surface area contributed by atoms with E-state index in [-0.39, 0.29) is 5.91 Å². The fourth-order valence-electron chi connectivity index (χ4n) is 1.21. The molecule has 1 rings (SSSR count). The van der Waals surface area contributed by atoms with Crippen LogP contribution in [0.15, 0.2) is 18.3 Å². The van der Waals surface area contributed by atoms with Crippen molar-refractivity contribution < 1.29 is 4.79 Å². The maximum atomic E-state index is 10.5. The molecule has 4 heteroatoms. The standard InChI is InChI=1S/C11H17N3O/c1-9-4-5-10(14-7-9)8-13-6-2-3-11(12)15/h4-5,7,13H,2-3,6,8H2,1H3,(H2,12,15). The molecule has 0 saturated carbocycles. The van der Waals surface area contributed by atoms with E-state index in [0.717, 1.165) is 30.8 Å². The van der Waals surface area contributed by atoms with Crippen LogP contribution in [0.3, 0.4) is 0 Å². The summed E-state index contributed by atoms with van der Waals surface area (Å²) in [6.45, 7) is 3.54. The van der Waals surface area contributed by atoms with Crippen molar-refractivity contribution in [3.05, 3.63) is 29.6 Å². The fourth-order valence-corrected chi connectivity index (χ4v) is 1.21. The van der Waals surface area contributed by atoms with Crippen LogP contribution in [0.4, 0.5) is 0 Å². The highest BCUT2D eigenvalue weighted by molar-refractivity contribution is 5.73. The summed E-state index contributed by atoms with van der Waals surface area (Å²) in [7, 11) is 0. The highest BCUT2D eigenvalue weighted by Gasteiger charge is 1.95. The number of pyridine rings is 1. The Labute approximate surface area is 89.9 Å². The van der Waals surface area contributed by atoms with Crippen molar-refractivity contribution in [1.82, 2.24) is 10.3 Å². The number of nitrogens with zero attached hydrogens (tertiary/aromatic N) is 1. The van der Waals surface area contributed by atoms with Crippen LogP contribution in [0.5, 0.6) is 0 Å². The number of rotatable bonds is 6. The molecule has 1 aromatic heterocycles. The van der Waals surface area contributed by atoms with Crippen LogP contribution in [-0.4, -0.2) is 17.4 Å². The van der Waals surface area contributed by atoms with Gasteiger partial charge < -0.3 is 11.1 Å². The molecule has 0 spiro atoms. The predicted molar refractivity (Wildman–Crippen MR) is 59.1 cm³/mol. The average molecular weight is 207 g/mol. The third kappa shape index (κ3) is 5.12. The van der Waals surface area contributed by atoms with E-state index in [2.05, 4.69) is 10.3 Å². The van der Waals surface area contributed by atoms with Gasteiger partial charge in [-0.15, -0.1) is 0 Å². The molecule has 0 aliphatic carbocycles. The second-order valence-electron chi connectivity index (χ2n) is 3.57. The van der Waals surface area contributed by atoms with Crippen molar-refractivity contribution >= 4 is 5.91 Å². The van der Waals surface area contributed by atoms with Crippen molar-refractivity contribution in [3.8, 4) is 0 Å². The van der Waals surface area contributed by atoms with Crippen LogP contribution < -0.4 is 11.1 Å². The van der Waals surface area contributed by atoms with Gasteiger partial charge in [-0.1, -0.05) is 6.07 Å². The highest BCUT2D eigenvalue weighted by Crippen LogP contribution is 1.97. The van der Waals surface area contributed by atoms with E-state index >= 15 is 0 Å². The average Bonchev–Trinajstić information content (AvgIpc) is 2.20. The zero-order valence-corrected chi connectivity index (χ0v) is 8.99. The van der Waals surface area contributed by atoms with Gasteiger partial charge in [-0.3, -0.25) is 9.78 Å². The molecule has 0 unspecified atom stereocenters. The monoisotopic (exact) mass is 207 g/mol. The molecule has 3 N–H and O–H groups in total. The van der Waals surface area contributed by atoms with Gasteiger partial charge in [0, 0.05) is 19.2 Å². The molecule has 0 fully saturated rings. The van der Waals surface area contributed by atoms with Gasteiger partial charge in [0.2, 0.25) is 5.91 Å². The predicted octanol–water partition coefficient (Wildman–Crippen LogP) is 0.745. The lowest BCUT2D eigenvalue weighted by molar-refractivity contribution is -0.118. The number of amides is 1. The molecule has 0 saturated heterocycles. The third-order valence-corrected chi connectivity index (χ3v) is 2.06. The van der Waals surface area contributed by atoms with Gasteiger partial charge in [0.15, 0.2) is 0 Å². The normalized spacial score (nSPS) is 10.2. The Morgan fingerprint density at radius 3 is 2.93 bits per heavy atom. The topological polar surface area (TPSA) is 68.0 Å². The van der Waals surface area contributed by atoms with Crippen molar-refractivity contribution in [2.45, 2.75) is 26.3 Å². The number of primary amides is 1. The lowest BCUT2D eigenvalue weighted by atomic mass is 10.2. The van der Waals surface area contributed by atoms with E-state index in [1.165, 1.54) is 0 Å². The molecule has 0 radical (unpaired) electrons. The summed E-state index contributed by atoms with van der Waals surface area (Å²) in [5, 5.41) is 3.21. The van der Waals surface area contributed by atoms with E-state index in [1.54, 1.807) is 0 Å². The van der Waals surface area contributed by atoms with Gasteiger partial charge in [0.05, 0.1) is 5.69 Å². The second kappa shape index (κ2) is 6.14. The summed E-state index contributed by atoms with van der Waals surface area (Å²) < 4.78 is 0. The second-order valence-corrected chi connectivity index (χ2v) is 3.57. The van der Waals surface area contributed by atoms with E-state index in [0.29, 0.717) is 6.42 Å². The quantitative estimate of drug-likeness (QED) is 0.676. The van der Waals surface area contributed by atoms with Crippen molar-refractivity contribution in [1.29, 1.82) is 0 Å². The van der Waals surface area contributed by atoms with Crippen LogP contribution in [-0.2, 0) is 11.3 Å². The molecule has 0 aliphatic rings. The van der Waals surface area contributed by atoms with Crippen LogP contribution in [0.2, 0.25) is 0 Å². The fraction of sp³-hybridized carbons (Fsp3) is 0.455. The first-order valence-electron chi connectivity index (χ1n) is 5.09. The molecule has 0 atom stereocenters. The van der Waals surface area contributed by atoms with Crippen molar-refractivity contribution in [2.24, 2.45) is 5.73 Å². The highest BCUT2D eigenvalue weighted by atomic mass is 16.1. The Morgan fingerprint density at radius 1 is 1.53 bits per heavy atom. The van der Waals surface area contributed by atoms with E-state index in [4.69, 9.17) is 5.73 Å². The number of carbonyl (C=O) groups excluding carboxylic acids is 1. The first-order valence-corrected chi connectivity index (χ1v) is 5.09. The number of aromatic nitrogens is 1. The first-order chi connectivity index (χ1) is 7.18. The van der Waals surface area contributed by atoms with Crippen molar-refractivity contribution in [2.75, 3.05) is 6.54 Å². The summed E-state index contributed by atoms with van der Waals surface area (Å²) in [6.07, 6.45) is 3.07. The maximum Gasteiger partial charge on any atom is 0.217 e.